The number of phenolic OH excluding ortho intramolecular Hbond substituents is 1. The van der Waals surface area contributed by atoms with E-state index >= 15 is 0 Å². The molecule has 1 aliphatic rings. The zero-order chi connectivity index (χ0) is 13.0. The molecule has 4 heteroatoms. The highest BCUT2D eigenvalue weighted by Crippen LogP contribution is 2.13. The first kappa shape index (κ1) is 12.9. The molecule has 1 heterocycles. The topological polar surface area (TPSA) is 52.6 Å². The molecule has 0 bridgehead atoms. The van der Waals surface area contributed by atoms with Crippen molar-refractivity contribution in [3.8, 4) is 5.75 Å². The van der Waals surface area contributed by atoms with Crippen LogP contribution < -0.4 is 5.32 Å². The number of benzene rings is 1. The molecule has 4 nitrogen and oxygen atoms in total. The number of amides is 1. The van der Waals surface area contributed by atoms with Crippen LogP contribution in [0.4, 0.5) is 0 Å². The van der Waals surface area contributed by atoms with E-state index in [0.29, 0.717) is 12.5 Å². The molecule has 1 aliphatic heterocycles. The summed E-state index contributed by atoms with van der Waals surface area (Å²) in [4.78, 5) is 14.0. The molecule has 0 saturated carbocycles. The predicted octanol–water partition coefficient (Wildman–Crippen LogP) is 1.15. The van der Waals surface area contributed by atoms with Gasteiger partial charge < -0.3 is 15.3 Å². The molecule has 1 unspecified atom stereocenters. The van der Waals surface area contributed by atoms with Gasteiger partial charge in [0.15, 0.2) is 0 Å². The molecule has 2 rings (SSSR count). The van der Waals surface area contributed by atoms with Crippen LogP contribution in [0.25, 0.3) is 0 Å². The van der Waals surface area contributed by atoms with Crippen LogP contribution >= 0.6 is 0 Å². The summed E-state index contributed by atoms with van der Waals surface area (Å²) >= 11 is 0. The lowest BCUT2D eigenvalue weighted by Gasteiger charge is -2.31. The molecule has 1 amide bonds. The number of hydrogen-bond acceptors (Lipinski definition) is 3. The number of phenols is 1. The molecule has 1 aromatic carbocycles. The zero-order valence-corrected chi connectivity index (χ0v) is 10.7. The smallest absolute Gasteiger partial charge is 0.227 e. The Morgan fingerprint density at radius 2 is 2.17 bits per heavy atom. The number of nitrogens with zero attached hydrogens (tertiary/aromatic N) is 1. The van der Waals surface area contributed by atoms with E-state index in [4.69, 9.17) is 0 Å². The first-order valence-electron chi connectivity index (χ1n) is 6.41. The fraction of sp³-hybridized carbons (Fsp3) is 0.500. The Labute approximate surface area is 108 Å². The van der Waals surface area contributed by atoms with Gasteiger partial charge in [-0.1, -0.05) is 12.1 Å². The molecule has 0 aliphatic carbocycles. The largest absolute Gasteiger partial charge is 0.508 e. The zero-order valence-electron chi connectivity index (χ0n) is 10.7. The molecule has 1 atom stereocenters. The minimum atomic E-state index is 0.134. The Balaban J connectivity index is 1.92. The summed E-state index contributed by atoms with van der Waals surface area (Å²) in [6.45, 7) is 1.94. The van der Waals surface area contributed by atoms with Crippen LogP contribution in [0.3, 0.4) is 0 Å². The molecule has 1 saturated heterocycles. The van der Waals surface area contributed by atoms with Gasteiger partial charge in [0.2, 0.25) is 5.91 Å². The second-order valence-electron chi connectivity index (χ2n) is 4.85. The van der Waals surface area contributed by atoms with Crippen LogP contribution in [0, 0.1) is 0 Å². The normalized spacial score (nSPS) is 19.5. The lowest BCUT2D eigenvalue weighted by Crippen LogP contribution is -2.47. The minimum absolute atomic E-state index is 0.134. The van der Waals surface area contributed by atoms with E-state index < -0.39 is 0 Å². The lowest BCUT2D eigenvalue weighted by molar-refractivity contribution is -0.131. The van der Waals surface area contributed by atoms with Gasteiger partial charge in [-0.15, -0.1) is 0 Å². The third kappa shape index (κ3) is 3.23. The average Bonchev–Trinajstić information content (AvgIpc) is 2.41. The van der Waals surface area contributed by atoms with Crippen molar-refractivity contribution in [2.45, 2.75) is 25.3 Å². The van der Waals surface area contributed by atoms with Gasteiger partial charge in [-0.25, -0.2) is 0 Å². The van der Waals surface area contributed by atoms with Gasteiger partial charge >= 0.3 is 0 Å². The first-order valence-corrected chi connectivity index (χ1v) is 6.41. The molecular weight excluding hydrogens is 228 g/mol. The van der Waals surface area contributed by atoms with E-state index in [2.05, 4.69) is 5.32 Å². The van der Waals surface area contributed by atoms with E-state index in [9.17, 15) is 9.90 Å². The Kier molecular flexibility index (Phi) is 4.20. The van der Waals surface area contributed by atoms with Crippen molar-refractivity contribution in [2.24, 2.45) is 0 Å². The van der Waals surface area contributed by atoms with Crippen LogP contribution in [0.15, 0.2) is 24.3 Å². The second-order valence-corrected chi connectivity index (χ2v) is 4.85. The Bertz CT molecular complexity index is 397. The van der Waals surface area contributed by atoms with Gasteiger partial charge in [-0.2, -0.15) is 0 Å². The van der Waals surface area contributed by atoms with E-state index in [1.807, 2.05) is 11.9 Å². The number of rotatable bonds is 3. The van der Waals surface area contributed by atoms with Crippen LogP contribution in [-0.2, 0) is 11.2 Å². The van der Waals surface area contributed by atoms with Gasteiger partial charge in [0.25, 0.3) is 0 Å². The van der Waals surface area contributed by atoms with Crippen molar-refractivity contribution in [1.82, 2.24) is 10.2 Å². The molecule has 1 fully saturated rings. The molecule has 18 heavy (non-hydrogen) atoms. The highest BCUT2D eigenvalue weighted by molar-refractivity contribution is 5.78. The maximum Gasteiger partial charge on any atom is 0.227 e. The molecule has 0 spiro atoms. The van der Waals surface area contributed by atoms with Gasteiger partial charge in [0.05, 0.1) is 6.42 Å². The van der Waals surface area contributed by atoms with Crippen molar-refractivity contribution in [3.05, 3.63) is 29.8 Å². The third-order valence-electron chi connectivity index (χ3n) is 3.50. The molecular formula is C14H20N2O2. The first-order chi connectivity index (χ1) is 8.66. The fourth-order valence-electron chi connectivity index (χ4n) is 2.28. The summed E-state index contributed by atoms with van der Waals surface area (Å²) < 4.78 is 0. The SMILES string of the molecule is CN(C(=O)Cc1ccc(O)cc1)C1CCCNC1. The van der Waals surface area contributed by atoms with Crippen molar-refractivity contribution < 1.29 is 9.90 Å². The number of hydrogen-bond donors (Lipinski definition) is 2. The highest BCUT2D eigenvalue weighted by atomic mass is 16.3. The van der Waals surface area contributed by atoms with Gasteiger partial charge in [-0.05, 0) is 37.1 Å². The molecule has 0 aromatic heterocycles. The monoisotopic (exact) mass is 248 g/mol. The summed E-state index contributed by atoms with van der Waals surface area (Å²) in [5, 5.41) is 12.5. The number of nitrogens with one attached hydrogen (secondary N) is 1. The molecule has 2 N–H and O–H groups in total. The maximum atomic E-state index is 12.1. The number of carbonyl (C=O) groups is 1. The Morgan fingerprint density at radius 1 is 1.44 bits per heavy atom. The number of aromatic hydroxyl groups is 1. The van der Waals surface area contributed by atoms with E-state index in [-0.39, 0.29) is 11.7 Å². The van der Waals surface area contributed by atoms with Crippen LogP contribution in [-0.4, -0.2) is 42.1 Å². The lowest BCUT2D eigenvalue weighted by atomic mass is 10.0. The summed E-state index contributed by atoms with van der Waals surface area (Å²) in [7, 11) is 1.88. The number of piperidine rings is 1. The summed E-state index contributed by atoms with van der Waals surface area (Å²) in [6.07, 6.45) is 2.60. The molecule has 0 radical (unpaired) electrons. The number of carbonyl (C=O) groups excluding carboxylic acids is 1. The minimum Gasteiger partial charge on any atom is -0.508 e. The number of likely N-dealkylation sites (N-methyl/N-ethyl adjacent to an activating group) is 1. The van der Waals surface area contributed by atoms with Crippen LogP contribution in [0.2, 0.25) is 0 Å². The summed E-state index contributed by atoms with van der Waals surface area (Å²) in [6, 6.07) is 7.12. The fourth-order valence-corrected chi connectivity index (χ4v) is 2.28. The van der Waals surface area contributed by atoms with Gasteiger partial charge in [0.1, 0.15) is 5.75 Å². The Hall–Kier alpha value is -1.55. The van der Waals surface area contributed by atoms with Gasteiger partial charge in [0, 0.05) is 19.6 Å². The quantitative estimate of drug-likeness (QED) is 0.843. The summed E-state index contributed by atoms with van der Waals surface area (Å²) in [5.41, 5.74) is 0.938. The van der Waals surface area contributed by atoms with Crippen LogP contribution in [0.1, 0.15) is 18.4 Å². The molecule has 1 aromatic rings. The van der Waals surface area contributed by atoms with Crippen molar-refractivity contribution >= 4 is 5.91 Å². The molecule has 98 valence electrons. The maximum absolute atomic E-state index is 12.1. The Morgan fingerprint density at radius 3 is 2.78 bits per heavy atom. The van der Waals surface area contributed by atoms with E-state index in [0.717, 1.165) is 31.5 Å². The summed E-state index contributed by atoms with van der Waals surface area (Å²) in [5.74, 6) is 0.366. The average molecular weight is 248 g/mol. The van der Waals surface area contributed by atoms with E-state index in [1.165, 1.54) is 0 Å². The van der Waals surface area contributed by atoms with Crippen molar-refractivity contribution in [1.29, 1.82) is 0 Å². The van der Waals surface area contributed by atoms with Gasteiger partial charge in [-0.3, -0.25) is 4.79 Å². The standard InChI is InChI=1S/C14H20N2O2/c1-16(12-3-2-8-15-10-12)14(18)9-11-4-6-13(17)7-5-11/h4-7,12,15,17H,2-3,8-10H2,1H3. The third-order valence-corrected chi connectivity index (χ3v) is 3.50. The predicted molar refractivity (Wildman–Crippen MR) is 70.5 cm³/mol. The van der Waals surface area contributed by atoms with Crippen molar-refractivity contribution in [2.75, 3.05) is 20.1 Å². The van der Waals surface area contributed by atoms with Crippen molar-refractivity contribution in [3.63, 3.8) is 0 Å². The van der Waals surface area contributed by atoms with E-state index in [1.54, 1.807) is 24.3 Å². The van der Waals surface area contributed by atoms with Crippen LogP contribution in [0.5, 0.6) is 5.75 Å². The highest BCUT2D eigenvalue weighted by Gasteiger charge is 2.21. The second kappa shape index (κ2) is 5.87.